The summed E-state index contributed by atoms with van der Waals surface area (Å²) in [5.74, 6) is 1.17. The molecule has 2 fully saturated rings. The molecule has 2 aliphatic rings. The lowest BCUT2D eigenvalue weighted by Gasteiger charge is -2.32. The molecule has 0 spiro atoms. The number of nitrogens with zero attached hydrogens (tertiary/aromatic N) is 2. The van der Waals surface area contributed by atoms with E-state index in [1.165, 1.54) is 0 Å². The number of rotatable bonds is 2. The van der Waals surface area contributed by atoms with Crippen LogP contribution in [-0.2, 0) is 14.6 Å². The Balaban J connectivity index is 1.40. The van der Waals surface area contributed by atoms with Gasteiger partial charge in [-0.3, -0.25) is 4.79 Å². The minimum Gasteiger partial charge on any atom is -0.342 e. The van der Waals surface area contributed by atoms with Gasteiger partial charge in [-0.25, -0.2) is 13.4 Å². The highest BCUT2D eigenvalue weighted by molar-refractivity contribution is 7.91. The summed E-state index contributed by atoms with van der Waals surface area (Å²) in [6.07, 6.45) is 2.21. The number of hydrogen-bond acceptors (Lipinski definition) is 4. The van der Waals surface area contributed by atoms with Crippen molar-refractivity contribution in [2.24, 2.45) is 5.92 Å². The van der Waals surface area contributed by atoms with Gasteiger partial charge in [0.05, 0.1) is 28.5 Å². The summed E-state index contributed by atoms with van der Waals surface area (Å²) >= 11 is 0. The Morgan fingerprint density at radius 2 is 1.92 bits per heavy atom. The van der Waals surface area contributed by atoms with Crippen molar-refractivity contribution in [2.45, 2.75) is 25.2 Å². The van der Waals surface area contributed by atoms with E-state index in [1.54, 1.807) is 0 Å². The molecule has 2 aromatic rings. The van der Waals surface area contributed by atoms with Crippen LogP contribution in [0.1, 0.15) is 31.0 Å². The van der Waals surface area contributed by atoms with Crippen molar-refractivity contribution < 1.29 is 13.2 Å². The largest absolute Gasteiger partial charge is 0.342 e. The summed E-state index contributed by atoms with van der Waals surface area (Å²) in [4.78, 5) is 22.4. The van der Waals surface area contributed by atoms with Gasteiger partial charge >= 0.3 is 0 Å². The van der Waals surface area contributed by atoms with Crippen molar-refractivity contribution in [3.8, 4) is 0 Å². The number of H-pyrrole nitrogens is 1. The number of sulfone groups is 1. The van der Waals surface area contributed by atoms with Gasteiger partial charge in [-0.2, -0.15) is 0 Å². The van der Waals surface area contributed by atoms with E-state index in [9.17, 15) is 13.2 Å². The van der Waals surface area contributed by atoms with Gasteiger partial charge in [0, 0.05) is 19.0 Å². The summed E-state index contributed by atoms with van der Waals surface area (Å²) in [7, 11) is -3.01. The molecule has 128 valence electrons. The maximum absolute atomic E-state index is 12.5. The average molecular weight is 347 g/mol. The van der Waals surface area contributed by atoms with Crippen molar-refractivity contribution in [3.63, 3.8) is 0 Å². The van der Waals surface area contributed by atoms with E-state index in [2.05, 4.69) is 9.97 Å². The second kappa shape index (κ2) is 5.88. The van der Waals surface area contributed by atoms with Crippen LogP contribution < -0.4 is 0 Å². The number of benzene rings is 1. The number of nitrogens with one attached hydrogen (secondary N) is 1. The normalized spacial score (nSPS) is 24.5. The van der Waals surface area contributed by atoms with Crippen LogP contribution in [0.3, 0.4) is 0 Å². The average Bonchev–Trinajstić information content (AvgIpc) is 3.17. The molecule has 0 bridgehead atoms. The lowest BCUT2D eigenvalue weighted by atomic mass is 9.95. The van der Waals surface area contributed by atoms with Gasteiger partial charge in [0.1, 0.15) is 5.82 Å². The van der Waals surface area contributed by atoms with Crippen LogP contribution in [0, 0.1) is 5.92 Å². The first-order valence-corrected chi connectivity index (χ1v) is 10.3. The van der Waals surface area contributed by atoms with Gasteiger partial charge in [0.15, 0.2) is 9.84 Å². The first-order valence-electron chi connectivity index (χ1n) is 8.46. The van der Waals surface area contributed by atoms with Crippen LogP contribution in [0.25, 0.3) is 11.0 Å². The summed E-state index contributed by atoms with van der Waals surface area (Å²) in [6, 6.07) is 7.98. The summed E-state index contributed by atoms with van der Waals surface area (Å²) < 4.78 is 23.1. The number of hydrogen-bond donors (Lipinski definition) is 1. The highest BCUT2D eigenvalue weighted by atomic mass is 32.2. The number of piperidine rings is 1. The molecule has 3 heterocycles. The summed E-state index contributed by atoms with van der Waals surface area (Å²) in [5.41, 5.74) is 2.02. The van der Waals surface area contributed by atoms with Crippen LogP contribution in [0.4, 0.5) is 0 Å². The first-order chi connectivity index (χ1) is 11.5. The van der Waals surface area contributed by atoms with Gasteiger partial charge in [-0.15, -0.1) is 0 Å². The van der Waals surface area contributed by atoms with Crippen LogP contribution >= 0.6 is 0 Å². The summed E-state index contributed by atoms with van der Waals surface area (Å²) in [6.45, 7) is 1.36. The molecule has 6 nitrogen and oxygen atoms in total. The number of amides is 1. The van der Waals surface area contributed by atoms with E-state index in [0.29, 0.717) is 25.4 Å². The highest BCUT2D eigenvalue weighted by Gasteiger charge is 2.36. The zero-order valence-corrected chi connectivity index (χ0v) is 14.3. The minimum atomic E-state index is -3.01. The van der Waals surface area contributed by atoms with E-state index in [-0.39, 0.29) is 23.3 Å². The van der Waals surface area contributed by atoms with Gasteiger partial charge in [0.2, 0.25) is 5.91 Å². The Morgan fingerprint density at radius 3 is 2.58 bits per heavy atom. The molecule has 1 N–H and O–H groups in total. The third-order valence-electron chi connectivity index (χ3n) is 5.18. The predicted octanol–water partition coefficient (Wildman–Crippen LogP) is 1.70. The Hall–Kier alpha value is -1.89. The van der Waals surface area contributed by atoms with Crippen molar-refractivity contribution in [2.75, 3.05) is 24.6 Å². The molecule has 1 unspecified atom stereocenters. The van der Waals surface area contributed by atoms with E-state index in [0.717, 1.165) is 29.7 Å². The molecule has 1 aromatic carbocycles. The number of aromatic amines is 1. The molecule has 1 amide bonds. The topological polar surface area (TPSA) is 83.1 Å². The minimum absolute atomic E-state index is 0.0131. The van der Waals surface area contributed by atoms with Crippen LogP contribution in [-0.4, -0.2) is 53.8 Å². The Labute approximate surface area is 141 Å². The monoisotopic (exact) mass is 347 g/mol. The van der Waals surface area contributed by atoms with Gasteiger partial charge in [-0.05, 0) is 31.4 Å². The lowest BCUT2D eigenvalue weighted by Crippen LogP contribution is -2.41. The second-order valence-electron chi connectivity index (χ2n) is 6.84. The molecule has 0 saturated carbocycles. The number of likely N-dealkylation sites (tertiary alicyclic amines) is 1. The SMILES string of the molecule is O=C(C1CCS(=O)(=O)C1)N1CCC(c2nc3ccccc3[nH]2)CC1. The molecule has 0 radical (unpaired) electrons. The smallest absolute Gasteiger partial charge is 0.226 e. The molecular formula is C17H21N3O3S. The zero-order chi connectivity index (χ0) is 16.7. The number of carbonyl (C=O) groups is 1. The van der Waals surface area contributed by atoms with Gasteiger partial charge in [0.25, 0.3) is 0 Å². The molecular weight excluding hydrogens is 326 g/mol. The molecule has 7 heteroatoms. The van der Waals surface area contributed by atoms with E-state index >= 15 is 0 Å². The van der Waals surface area contributed by atoms with Crippen molar-refractivity contribution in [1.29, 1.82) is 0 Å². The number of carbonyl (C=O) groups excluding carboxylic acids is 1. The lowest BCUT2D eigenvalue weighted by molar-refractivity contribution is -0.135. The molecule has 0 aliphatic carbocycles. The maximum atomic E-state index is 12.5. The number of aromatic nitrogens is 2. The molecule has 4 rings (SSSR count). The third kappa shape index (κ3) is 2.92. The number of fused-ring (bicyclic) bond motifs is 1. The second-order valence-corrected chi connectivity index (χ2v) is 9.07. The molecule has 24 heavy (non-hydrogen) atoms. The van der Waals surface area contributed by atoms with E-state index < -0.39 is 9.84 Å². The summed E-state index contributed by atoms with van der Waals surface area (Å²) in [5, 5.41) is 0. The quantitative estimate of drug-likeness (QED) is 0.896. The fourth-order valence-corrected chi connectivity index (χ4v) is 5.52. The van der Waals surface area contributed by atoms with Crippen LogP contribution in [0.15, 0.2) is 24.3 Å². The van der Waals surface area contributed by atoms with Crippen LogP contribution in [0.2, 0.25) is 0 Å². The van der Waals surface area contributed by atoms with Crippen molar-refractivity contribution >= 4 is 26.8 Å². The fraction of sp³-hybridized carbons (Fsp3) is 0.529. The molecule has 2 saturated heterocycles. The number of imidazole rings is 1. The Kier molecular flexibility index (Phi) is 3.83. The zero-order valence-electron chi connectivity index (χ0n) is 13.4. The Morgan fingerprint density at radius 1 is 1.17 bits per heavy atom. The van der Waals surface area contributed by atoms with Crippen LogP contribution in [0.5, 0.6) is 0 Å². The Bertz CT molecular complexity index is 833. The maximum Gasteiger partial charge on any atom is 0.226 e. The fourth-order valence-electron chi connectivity index (χ4n) is 3.79. The third-order valence-corrected chi connectivity index (χ3v) is 6.95. The van der Waals surface area contributed by atoms with Crippen molar-refractivity contribution in [3.05, 3.63) is 30.1 Å². The van der Waals surface area contributed by atoms with Gasteiger partial charge in [-0.1, -0.05) is 12.1 Å². The van der Waals surface area contributed by atoms with E-state index in [4.69, 9.17) is 0 Å². The molecule has 2 aliphatic heterocycles. The standard InChI is InChI=1S/C17H21N3O3S/c21-17(13-7-10-24(22,23)11-13)20-8-5-12(6-9-20)16-18-14-3-1-2-4-15(14)19-16/h1-4,12-13H,5-11H2,(H,18,19). The molecule has 1 atom stereocenters. The first kappa shape index (κ1) is 15.6. The van der Waals surface area contributed by atoms with Gasteiger partial charge < -0.3 is 9.88 Å². The van der Waals surface area contributed by atoms with Crippen molar-refractivity contribution in [1.82, 2.24) is 14.9 Å². The van der Waals surface area contributed by atoms with E-state index in [1.807, 2.05) is 29.2 Å². The predicted molar refractivity (Wildman–Crippen MR) is 91.4 cm³/mol. The highest BCUT2D eigenvalue weighted by Crippen LogP contribution is 2.29. The number of para-hydroxylation sites is 2. The molecule has 1 aromatic heterocycles.